The number of carbonyl (C=O) groups excluding carboxylic acids is 1. The van der Waals surface area contributed by atoms with Crippen LogP contribution in [0.3, 0.4) is 0 Å². The van der Waals surface area contributed by atoms with Crippen molar-refractivity contribution >= 4 is 11.6 Å². The Bertz CT molecular complexity index is 496. The molecule has 0 atom stereocenters. The van der Waals surface area contributed by atoms with Crippen LogP contribution in [0.4, 0.5) is 5.69 Å². The number of nitrogens with zero attached hydrogens (tertiary/aromatic N) is 1. The van der Waals surface area contributed by atoms with Gasteiger partial charge < -0.3 is 20.7 Å². The highest BCUT2D eigenvalue weighted by Crippen LogP contribution is 2.29. The van der Waals surface area contributed by atoms with Gasteiger partial charge in [0.15, 0.2) is 0 Å². The monoisotopic (exact) mass is 305 g/mol. The second-order valence-electron chi connectivity index (χ2n) is 6.35. The van der Waals surface area contributed by atoms with Gasteiger partial charge >= 0.3 is 0 Å². The molecule has 122 valence electrons. The molecule has 1 aromatic carbocycles. The van der Waals surface area contributed by atoms with Crippen molar-refractivity contribution in [3.05, 3.63) is 24.3 Å². The maximum atomic E-state index is 12.3. The van der Waals surface area contributed by atoms with Crippen LogP contribution >= 0.6 is 0 Å². The van der Waals surface area contributed by atoms with Gasteiger partial charge in [-0.2, -0.15) is 0 Å². The highest BCUT2D eigenvalue weighted by Gasteiger charge is 2.36. The maximum absolute atomic E-state index is 12.3. The van der Waals surface area contributed by atoms with E-state index in [4.69, 9.17) is 10.5 Å². The average Bonchev–Trinajstić information content (AvgIpc) is 2.92. The van der Waals surface area contributed by atoms with Gasteiger partial charge in [-0.3, -0.25) is 4.79 Å². The van der Waals surface area contributed by atoms with Crippen LogP contribution in [-0.2, 0) is 4.79 Å². The molecule has 22 heavy (non-hydrogen) atoms. The minimum Gasteiger partial charge on any atom is -0.493 e. The molecule has 0 aliphatic heterocycles. The van der Waals surface area contributed by atoms with E-state index in [0.717, 1.165) is 50.1 Å². The van der Waals surface area contributed by atoms with Crippen molar-refractivity contribution in [1.29, 1.82) is 0 Å². The molecule has 1 saturated carbocycles. The summed E-state index contributed by atoms with van der Waals surface area (Å²) in [5.74, 6) is 0.684. The molecule has 3 N–H and O–H groups in total. The number of carbonyl (C=O) groups is 1. The van der Waals surface area contributed by atoms with Gasteiger partial charge in [0.05, 0.1) is 12.1 Å². The van der Waals surface area contributed by atoms with Crippen molar-refractivity contribution in [3.8, 4) is 5.75 Å². The zero-order valence-corrected chi connectivity index (χ0v) is 13.6. The minimum atomic E-state index is -0.706. The van der Waals surface area contributed by atoms with E-state index < -0.39 is 5.54 Å². The van der Waals surface area contributed by atoms with Crippen molar-refractivity contribution < 1.29 is 9.53 Å². The van der Waals surface area contributed by atoms with Crippen LogP contribution in [0.1, 0.15) is 32.1 Å². The Labute approximate surface area is 132 Å². The van der Waals surface area contributed by atoms with Gasteiger partial charge in [-0.1, -0.05) is 18.9 Å². The molecule has 1 aromatic rings. The van der Waals surface area contributed by atoms with E-state index >= 15 is 0 Å². The molecule has 1 fully saturated rings. The fourth-order valence-corrected chi connectivity index (χ4v) is 2.72. The van der Waals surface area contributed by atoms with Gasteiger partial charge in [-0.15, -0.1) is 0 Å². The third-order valence-corrected chi connectivity index (χ3v) is 4.06. The molecule has 0 saturated heterocycles. The second-order valence-corrected chi connectivity index (χ2v) is 6.35. The van der Waals surface area contributed by atoms with Crippen molar-refractivity contribution in [2.45, 2.75) is 37.6 Å². The first-order chi connectivity index (χ1) is 10.5. The predicted octanol–water partition coefficient (Wildman–Crippen LogP) is 2.23. The smallest absolute Gasteiger partial charge is 0.244 e. The third-order valence-electron chi connectivity index (χ3n) is 4.06. The normalized spacial score (nSPS) is 16.7. The van der Waals surface area contributed by atoms with Crippen molar-refractivity contribution in [3.63, 3.8) is 0 Å². The summed E-state index contributed by atoms with van der Waals surface area (Å²) in [6.45, 7) is 1.66. The molecule has 1 aliphatic carbocycles. The van der Waals surface area contributed by atoms with Crippen LogP contribution in [0.5, 0.6) is 5.75 Å². The lowest BCUT2D eigenvalue weighted by atomic mass is 9.98. The molecule has 0 unspecified atom stereocenters. The molecule has 1 amide bonds. The Hall–Kier alpha value is -1.59. The molecule has 2 rings (SSSR count). The number of nitrogens with two attached hydrogens (primary N) is 1. The topological polar surface area (TPSA) is 67.6 Å². The SMILES string of the molecule is CN(C)CCCOc1cccc(NC(=O)C2(N)CCCC2)c1. The molecular formula is C17H27N3O2. The summed E-state index contributed by atoms with van der Waals surface area (Å²) in [5, 5.41) is 2.92. The number of nitrogens with one attached hydrogen (secondary N) is 1. The van der Waals surface area contributed by atoms with Gasteiger partial charge in [-0.25, -0.2) is 0 Å². The maximum Gasteiger partial charge on any atom is 0.244 e. The van der Waals surface area contributed by atoms with Gasteiger partial charge in [-0.05, 0) is 45.5 Å². The van der Waals surface area contributed by atoms with E-state index in [1.165, 1.54) is 0 Å². The number of hydrogen-bond acceptors (Lipinski definition) is 4. The summed E-state index contributed by atoms with van der Waals surface area (Å²) in [7, 11) is 4.09. The van der Waals surface area contributed by atoms with Crippen LogP contribution < -0.4 is 15.8 Å². The van der Waals surface area contributed by atoms with Crippen molar-refractivity contribution in [1.82, 2.24) is 4.90 Å². The van der Waals surface area contributed by atoms with E-state index in [0.29, 0.717) is 6.61 Å². The van der Waals surface area contributed by atoms with Crippen molar-refractivity contribution in [2.24, 2.45) is 5.73 Å². The van der Waals surface area contributed by atoms with E-state index in [2.05, 4.69) is 10.2 Å². The van der Waals surface area contributed by atoms with Gasteiger partial charge in [0.2, 0.25) is 5.91 Å². The number of benzene rings is 1. The number of ether oxygens (including phenoxy) is 1. The number of hydrogen-bond donors (Lipinski definition) is 2. The zero-order chi connectivity index (χ0) is 16.0. The quantitative estimate of drug-likeness (QED) is 0.758. The van der Waals surface area contributed by atoms with Gasteiger partial charge in [0.1, 0.15) is 5.75 Å². The standard InChI is InChI=1S/C17H27N3O2/c1-20(2)11-6-12-22-15-8-5-7-14(13-15)19-16(21)17(18)9-3-4-10-17/h5,7-8,13H,3-4,6,9-12,18H2,1-2H3,(H,19,21). The Morgan fingerprint density at radius 3 is 2.77 bits per heavy atom. The van der Waals surface area contributed by atoms with Crippen LogP contribution in [0.15, 0.2) is 24.3 Å². The lowest BCUT2D eigenvalue weighted by molar-refractivity contribution is -0.121. The van der Waals surface area contributed by atoms with Crippen LogP contribution in [-0.4, -0.2) is 43.6 Å². The van der Waals surface area contributed by atoms with Crippen LogP contribution in [0, 0.1) is 0 Å². The molecule has 5 heteroatoms. The predicted molar refractivity (Wildman–Crippen MR) is 89.1 cm³/mol. The number of anilines is 1. The van der Waals surface area contributed by atoms with Crippen LogP contribution in [0.25, 0.3) is 0 Å². The van der Waals surface area contributed by atoms with Gasteiger partial charge in [0, 0.05) is 18.3 Å². The molecule has 5 nitrogen and oxygen atoms in total. The van der Waals surface area contributed by atoms with Gasteiger partial charge in [0.25, 0.3) is 0 Å². The molecule has 0 bridgehead atoms. The van der Waals surface area contributed by atoms with E-state index in [1.54, 1.807) is 0 Å². The summed E-state index contributed by atoms with van der Waals surface area (Å²) in [6, 6.07) is 7.50. The van der Waals surface area contributed by atoms with Crippen molar-refractivity contribution in [2.75, 3.05) is 32.6 Å². The molecule has 1 aliphatic rings. The first-order valence-corrected chi connectivity index (χ1v) is 7.97. The molecule has 0 aromatic heterocycles. The first-order valence-electron chi connectivity index (χ1n) is 7.97. The summed E-state index contributed by atoms with van der Waals surface area (Å²) in [4.78, 5) is 14.4. The molecular weight excluding hydrogens is 278 g/mol. The Kier molecular flexibility index (Phi) is 5.80. The lowest BCUT2D eigenvalue weighted by Crippen LogP contribution is -2.48. The average molecular weight is 305 g/mol. The molecule has 0 spiro atoms. The molecule has 0 heterocycles. The summed E-state index contributed by atoms with van der Waals surface area (Å²) in [6.07, 6.45) is 4.55. The van der Waals surface area contributed by atoms with E-state index in [9.17, 15) is 4.79 Å². The summed E-state index contributed by atoms with van der Waals surface area (Å²) < 4.78 is 5.72. The Balaban J connectivity index is 1.87. The minimum absolute atomic E-state index is 0.0882. The highest BCUT2D eigenvalue weighted by atomic mass is 16.5. The second kappa shape index (κ2) is 7.61. The fourth-order valence-electron chi connectivity index (χ4n) is 2.72. The lowest BCUT2D eigenvalue weighted by Gasteiger charge is -2.22. The summed E-state index contributed by atoms with van der Waals surface area (Å²) in [5.41, 5.74) is 6.20. The number of rotatable bonds is 7. The van der Waals surface area contributed by atoms with E-state index in [-0.39, 0.29) is 5.91 Å². The first kappa shape index (κ1) is 16.8. The molecule has 0 radical (unpaired) electrons. The fraction of sp³-hybridized carbons (Fsp3) is 0.588. The summed E-state index contributed by atoms with van der Waals surface area (Å²) >= 11 is 0. The van der Waals surface area contributed by atoms with E-state index in [1.807, 2.05) is 38.4 Å². The Morgan fingerprint density at radius 2 is 2.09 bits per heavy atom. The Morgan fingerprint density at radius 1 is 1.36 bits per heavy atom. The highest BCUT2D eigenvalue weighted by molar-refractivity contribution is 5.98. The third kappa shape index (κ3) is 4.71. The zero-order valence-electron chi connectivity index (χ0n) is 13.6. The van der Waals surface area contributed by atoms with Crippen LogP contribution in [0.2, 0.25) is 0 Å². The largest absolute Gasteiger partial charge is 0.493 e. The number of amides is 1.